The summed E-state index contributed by atoms with van der Waals surface area (Å²) in [7, 11) is 1.77. The van der Waals surface area contributed by atoms with Crippen molar-refractivity contribution in [2.45, 2.75) is 45.3 Å². The van der Waals surface area contributed by atoms with Gasteiger partial charge < -0.3 is 10.1 Å². The first kappa shape index (κ1) is 12.0. The van der Waals surface area contributed by atoms with E-state index < -0.39 is 0 Å². The van der Waals surface area contributed by atoms with Gasteiger partial charge in [0.05, 0.1) is 6.61 Å². The summed E-state index contributed by atoms with van der Waals surface area (Å²) >= 11 is 0. The molecule has 1 fully saturated rings. The Morgan fingerprint density at radius 2 is 2.14 bits per heavy atom. The monoisotopic (exact) mass is 200 g/mol. The maximum atomic E-state index is 5.17. The first-order valence-electron chi connectivity index (χ1n) is 5.62. The third-order valence-electron chi connectivity index (χ3n) is 2.82. The summed E-state index contributed by atoms with van der Waals surface area (Å²) in [5, 5.41) is 3.59. The van der Waals surface area contributed by atoms with Crippen molar-refractivity contribution >= 4 is 0 Å². The second kappa shape index (κ2) is 5.69. The highest BCUT2D eigenvalue weighted by Crippen LogP contribution is 2.13. The van der Waals surface area contributed by atoms with Gasteiger partial charge in [-0.3, -0.25) is 4.90 Å². The van der Waals surface area contributed by atoms with Gasteiger partial charge in [-0.1, -0.05) is 13.8 Å². The van der Waals surface area contributed by atoms with E-state index in [1.54, 1.807) is 7.11 Å². The van der Waals surface area contributed by atoms with Crippen molar-refractivity contribution < 1.29 is 4.74 Å². The molecule has 2 atom stereocenters. The van der Waals surface area contributed by atoms with Crippen molar-refractivity contribution in [1.82, 2.24) is 10.2 Å². The molecule has 3 heteroatoms. The maximum absolute atomic E-state index is 5.17. The van der Waals surface area contributed by atoms with E-state index in [-0.39, 0.29) is 0 Å². The summed E-state index contributed by atoms with van der Waals surface area (Å²) in [5.41, 5.74) is 0. The van der Waals surface area contributed by atoms with E-state index in [9.17, 15) is 0 Å². The lowest BCUT2D eigenvalue weighted by molar-refractivity contribution is 0.113. The molecule has 0 bridgehead atoms. The molecule has 84 valence electrons. The van der Waals surface area contributed by atoms with Crippen LogP contribution in [0.1, 0.15) is 27.2 Å². The molecule has 0 spiro atoms. The van der Waals surface area contributed by atoms with Crippen LogP contribution in [0.2, 0.25) is 0 Å². The number of hydrogen-bond donors (Lipinski definition) is 1. The molecule has 1 N–H and O–H groups in total. The zero-order chi connectivity index (χ0) is 10.6. The third-order valence-corrected chi connectivity index (χ3v) is 2.82. The van der Waals surface area contributed by atoms with Crippen LogP contribution in [0.15, 0.2) is 0 Å². The van der Waals surface area contributed by atoms with E-state index in [0.29, 0.717) is 18.1 Å². The zero-order valence-electron chi connectivity index (χ0n) is 9.92. The number of ether oxygens (including phenoxy) is 1. The van der Waals surface area contributed by atoms with Crippen LogP contribution in [0, 0.1) is 0 Å². The molecule has 0 aromatic heterocycles. The number of likely N-dealkylation sites (tertiary alicyclic amines) is 1. The smallest absolute Gasteiger partial charge is 0.0615 e. The highest BCUT2D eigenvalue weighted by atomic mass is 16.5. The number of hydrogen-bond acceptors (Lipinski definition) is 3. The Labute approximate surface area is 87.8 Å². The fourth-order valence-corrected chi connectivity index (χ4v) is 2.14. The number of methoxy groups -OCH3 is 1. The minimum Gasteiger partial charge on any atom is -0.383 e. The van der Waals surface area contributed by atoms with Gasteiger partial charge in [-0.05, 0) is 13.3 Å². The first-order chi connectivity index (χ1) is 6.63. The van der Waals surface area contributed by atoms with Crippen LogP contribution in [0.4, 0.5) is 0 Å². The molecule has 0 radical (unpaired) electrons. The van der Waals surface area contributed by atoms with Gasteiger partial charge in [0.1, 0.15) is 0 Å². The molecule has 0 aromatic carbocycles. The fourth-order valence-electron chi connectivity index (χ4n) is 2.14. The third kappa shape index (κ3) is 3.56. The standard InChI is InChI=1S/C11H24N2O/c1-9(2)12-11-5-6-13(7-11)10(3)8-14-4/h9-12H,5-8H2,1-4H3. The van der Waals surface area contributed by atoms with E-state index in [0.717, 1.165) is 6.61 Å². The van der Waals surface area contributed by atoms with E-state index in [1.165, 1.54) is 19.5 Å². The van der Waals surface area contributed by atoms with E-state index in [1.807, 2.05) is 0 Å². The van der Waals surface area contributed by atoms with Crippen molar-refractivity contribution in [2.75, 3.05) is 26.8 Å². The van der Waals surface area contributed by atoms with Crippen molar-refractivity contribution in [3.05, 3.63) is 0 Å². The molecule has 14 heavy (non-hydrogen) atoms. The minimum atomic E-state index is 0.555. The van der Waals surface area contributed by atoms with Gasteiger partial charge in [-0.25, -0.2) is 0 Å². The quantitative estimate of drug-likeness (QED) is 0.719. The highest BCUT2D eigenvalue weighted by Gasteiger charge is 2.25. The predicted octanol–water partition coefficient (Wildman–Crippen LogP) is 1.09. The fraction of sp³-hybridized carbons (Fsp3) is 1.00. The average Bonchev–Trinajstić information content (AvgIpc) is 2.52. The molecule has 0 saturated carbocycles. The molecule has 1 saturated heterocycles. The number of nitrogens with one attached hydrogen (secondary N) is 1. The van der Waals surface area contributed by atoms with E-state index in [4.69, 9.17) is 4.74 Å². The Hall–Kier alpha value is -0.120. The summed E-state index contributed by atoms with van der Waals surface area (Å²) in [6.07, 6.45) is 1.27. The summed E-state index contributed by atoms with van der Waals surface area (Å²) in [4.78, 5) is 2.50. The molecule has 1 aliphatic rings. The number of nitrogens with zero attached hydrogens (tertiary/aromatic N) is 1. The van der Waals surface area contributed by atoms with Crippen LogP contribution in [-0.2, 0) is 4.74 Å². The summed E-state index contributed by atoms with van der Waals surface area (Å²) in [5.74, 6) is 0. The van der Waals surface area contributed by atoms with Crippen molar-refractivity contribution in [3.8, 4) is 0 Å². The molecule has 1 heterocycles. The normalized spacial score (nSPS) is 25.9. The molecule has 0 aliphatic carbocycles. The van der Waals surface area contributed by atoms with Crippen LogP contribution in [-0.4, -0.2) is 49.8 Å². The summed E-state index contributed by atoms with van der Waals surface area (Å²) in [6.45, 7) is 9.87. The van der Waals surface area contributed by atoms with Gasteiger partial charge >= 0.3 is 0 Å². The van der Waals surface area contributed by atoms with Gasteiger partial charge in [0.15, 0.2) is 0 Å². The lowest BCUT2D eigenvalue weighted by atomic mass is 10.2. The Morgan fingerprint density at radius 1 is 1.43 bits per heavy atom. The van der Waals surface area contributed by atoms with E-state index >= 15 is 0 Å². The lowest BCUT2D eigenvalue weighted by Gasteiger charge is -2.24. The Bertz CT molecular complexity index is 161. The molecular weight excluding hydrogens is 176 g/mol. The van der Waals surface area contributed by atoms with Crippen LogP contribution in [0.5, 0.6) is 0 Å². The van der Waals surface area contributed by atoms with Crippen molar-refractivity contribution in [3.63, 3.8) is 0 Å². The second-order valence-electron chi connectivity index (χ2n) is 4.61. The van der Waals surface area contributed by atoms with Gasteiger partial charge in [0.2, 0.25) is 0 Å². The van der Waals surface area contributed by atoms with Crippen LogP contribution in [0.3, 0.4) is 0 Å². The highest BCUT2D eigenvalue weighted by molar-refractivity contribution is 4.84. The Morgan fingerprint density at radius 3 is 2.71 bits per heavy atom. The molecule has 1 aliphatic heterocycles. The number of rotatable bonds is 5. The lowest BCUT2D eigenvalue weighted by Crippen LogP contribution is -2.40. The second-order valence-corrected chi connectivity index (χ2v) is 4.61. The summed E-state index contributed by atoms with van der Waals surface area (Å²) < 4.78 is 5.17. The average molecular weight is 200 g/mol. The predicted molar refractivity (Wildman–Crippen MR) is 59.6 cm³/mol. The van der Waals surface area contributed by atoms with Crippen LogP contribution < -0.4 is 5.32 Å². The van der Waals surface area contributed by atoms with Crippen LogP contribution >= 0.6 is 0 Å². The van der Waals surface area contributed by atoms with Crippen molar-refractivity contribution in [1.29, 1.82) is 0 Å². The molecule has 0 amide bonds. The first-order valence-corrected chi connectivity index (χ1v) is 5.62. The van der Waals surface area contributed by atoms with Gasteiger partial charge in [-0.2, -0.15) is 0 Å². The van der Waals surface area contributed by atoms with Crippen molar-refractivity contribution in [2.24, 2.45) is 0 Å². The minimum absolute atomic E-state index is 0.555. The van der Waals surface area contributed by atoms with Gasteiger partial charge in [0.25, 0.3) is 0 Å². The van der Waals surface area contributed by atoms with E-state index in [2.05, 4.69) is 31.0 Å². The zero-order valence-corrected chi connectivity index (χ0v) is 9.92. The Balaban J connectivity index is 2.26. The topological polar surface area (TPSA) is 24.5 Å². The molecule has 1 rings (SSSR count). The van der Waals surface area contributed by atoms with Crippen LogP contribution in [0.25, 0.3) is 0 Å². The maximum Gasteiger partial charge on any atom is 0.0615 e. The SMILES string of the molecule is COCC(C)N1CCC(NC(C)C)C1. The molecule has 0 aromatic rings. The molecule has 2 unspecified atom stereocenters. The largest absolute Gasteiger partial charge is 0.383 e. The van der Waals surface area contributed by atoms with Gasteiger partial charge in [0, 0.05) is 38.3 Å². The van der Waals surface area contributed by atoms with Gasteiger partial charge in [-0.15, -0.1) is 0 Å². The molecular formula is C11H24N2O. The summed E-state index contributed by atoms with van der Waals surface area (Å²) in [6, 6.07) is 1.82. The molecule has 3 nitrogen and oxygen atoms in total. The Kier molecular flexibility index (Phi) is 4.85.